The second kappa shape index (κ2) is 7.20. The summed E-state index contributed by atoms with van der Waals surface area (Å²) in [7, 11) is 0. The number of carbonyl (C=O) groups excluding carboxylic acids is 1. The monoisotopic (exact) mass is 382 g/mol. The highest BCUT2D eigenvalue weighted by Gasteiger charge is 2.38. The number of anilines is 1. The van der Waals surface area contributed by atoms with Crippen LogP contribution < -0.4 is 16.0 Å². The molecule has 4 rings (SSSR count). The number of carbonyl (C=O) groups is 1. The number of piperidine rings is 1. The molecule has 1 amide bonds. The zero-order valence-corrected chi connectivity index (χ0v) is 15.7. The summed E-state index contributed by atoms with van der Waals surface area (Å²) in [6, 6.07) is 6.91. The maximum atomic E-state index is 14.0. The van der Waals surface area contributed by atoms with E-state index in [2.05, 4.69) is 25.2 Å². The Labute approximate surface area is 162 Å². The van der Waals surface area contributed by atoms with Crippen molar-refractivity contribution >= 4 is 22.8 Å². The SMILES string of the molecule is Cc1ccc(CNC(=O)C2(N)CCN(c3ncnc4[nH]ccc34)CC2)c(F)c1. The fraction of sp³-hybridized carbons (Fsp3) is 0.350. The number of nitrogens with one attached hydrogen (secondary N) is 2. The van der Waals surface area contributed by atoms with Crippen LogP contribution in [-0.4, -0.2) is 39.5 Å². The molecular formula is C20H23FN6O. The topological polar surface area (TPSA) is 99.9 Å². The Morgan fingerprint density at radius 1 is 1.32 bits per heavy atom. The Morgan fingerprint density at radius 2 is 2.11 bits per heavy atom. The first kappa shape index (κ1) is 18.4. The number of aromatic nitrogens is 3. The van der Waals surface area contributed by atoms with Crippen molar-refractivity contribution in [2.45, 2.75) is 31.8 Å². The first-order valence-corrected chi connectivity index (χ1v) is 9.31. The lowest BCUT2D eigenvalue weighted by molar-refractivity contribution is -0.127. The van der Waals surface area contributed by atoms with Crippen LogP contribution in [0.1, 0.15) is 24.0 Å². The molecule has 28 heavy (non-hydrogen) atoms. The number of halogens is 1. The zero-order chi connectivity index (χ0) is 19.7. The van der Waals surface area contributed by atoms with Crippen molar-refractivity contribution in [3.63, 3.8) is 0 Å². The Kier molecular flexibility index (Phi) is 4.72. The Hall–Kier alpha value is -3.00. The van der Waals surface area contributed by atoms with Crippen molar-refractivity contribution < 1.29 is 9.18 Å². The lowest BCUT2D eigenvalue weighted by atomic mass is 9.87. The van der Waals surface area contributed by atoms with Gasteiger partial charge in [0.1, 0.15) is 23.6 Å². The van der Waals surface area contributed by atoms with Gasteiger partial charge in [0.2, 0.25) is 5.91 Å². The zero-order valence-electron chi connectivity index (χ0n) is 15.7. The van der Waals surface area contributed by atoms with Crippen LogP contribution in [0.2, 0.25) is 0 Å². The summed E-state index contributed by atoms with van der Waals surface area (Å²) in [5, 5.41) is 3.75. The summed E-state index contributed by atoms with van der Waals surface area (Å²) in [5.74, 6) is 0.275. The number of nitrogens with zero attached hydrogens (tertiary/aromatic N) is 3. The molecule has 2 aromatic heterocycles. The Balaban J connectivity index is 1.40. The van der Waals surface area contributed by atoms with E-state index in [4.69, 9.17) is 5.73 Å². The van der Waals surface area contributed by atoms with Gasteiger partial charge >= 0.3 is 0 Å². The van der Waals surface area contributed by atoms with Gasteiger partial charge in [-0.3, -0.25) is 4.79 Å². The smallest absolute Gasteiger partial charge is 0.240 e. The van der Waals surface area contributed by atoms with Gasteiger partial charge in [-0.1, -0.05) is 12.1 Å². The highest BCUT2D eigenvalue weighted by atomic mass is 19.1. The third kappa shape index (κ3) is 3.43. The number of hydrogen-bond donors (Lipinski definition) is 3. The van der Waals surface area contributed by atoms with E-state index in [9.17, 15) is 9.18 Å². The van der Waals surface area contributed by atoms with Crippen molar-refractivity contribution in [3.05, 3.63) is 53.7 Å². The van der Waals surface area contributed by atoms with Crippen LogP contribution >= 0.6 is 0 Å². The van der Waals surface area contributed by atoms with Gasteiger partial charge in [-0.15, -0.1) is 0 Å². The largest absolute Gasteiger partial charge is 0.356 e. The van der Waals surface area contributed by atoms with Crippen molar-refractivity contribution in [2.24, 2.45) is 5.73 Å². The number of fused-ring (bicyclic) bond motifs is 1. The average Bonchev–Trinajstić information content (AvgIpc) is 3.17. The fourth-order valence-electron chi connectivity index (χ4n) is 3.60. The van der Waals surface area contributed by atoms with Crippen molar-refractivity contribution in [2.75, 3.05) is 18.0 Å². The lowest BCUT2D eigenvalue weighted by Gasteiger charge is -2.38. The standard InChI is InChI=1S/C20H23FN6O/c1-13-2-3-14(16(21)10-13)11-24-19(28)20(22)5-8-27(9-6-20)18-15-4-7-23-17(15)25-12-26-18/h2-4,7,10,12H,5-6,8-9,11,22H2,1H3,(H,24,28)(H,23,25,26). The van der Waals surface area contributed by atoms with Crippen molar-refractivity contribution in [1.82, 2.24) is 20.3 Å². The molecule has 0 saturated carbocycles. The molecule has 1 fully saturated rings. The number of H-pyrrole nitrogens is 1. The van der Waals surface area contributed by atoms with E-state index >= 15 is 0 Å². The highest BCUT2D eigenvalue weighted by Crippen LogP contribution is 2.28. The van der Waals surface area contributed by atoms with Gasteiger partial charge in [0, 0.05) is 31.4 Å². The average molecular weight is 382 g/mol. The molecule has 0 aliphatic carbocycles. The molecule has 0 unspecified atom stereocenters. The van der Waals surface area contributed by atoms with E-state index in [1.165, 1.54) is 12.4 Å². The molecule has 1 aromatic carbocycles. The molecule has 0 atom stereocenters. The third-order valence-corrected chi connectivity index (χ3v) is 5.39. The van der Waals surface area contributed by atoms with Crippen molar-refractivity contribution in [1.29, 1.82) is 0 Å². The number of hydrogen-bond acceptors (Lipinski definition) is 5. The Bertz CT molecular complexity index is 1010. The highest BCUT2D eigenvalue weighted by molar-refractivity contribution is 5.88. The predicted octanol–water partition coefficient (Wildman–Crippen LogP) is 2.02. The lowest BCUT2D eigenvalue weighted by Crippen LogP contribution is -2.59. The quantitative estimate of drug-likeness (QED) is 0.641. The van der Waals surface area contributed by atoms with E-state index < -0.39 is 5.54 Å². The molecule has 1 aliphatic heterocycles. The summed E-state index contributed by atoms with van der Waals surface area (Å²) in [4.78, 5) is 26.5. The van der Waals surface area contributed by atoms with Gasteiger partial charge in [-0.2, -0.15) is 0 Å². The molecule has 1 aliphatic rings. The van der Waals surface area contributed by atoms with Gasteiger partial charge in [0.05, 0.1) is 10.9 Å². The molecule has 0 spiro atoms. The molecule has 4 N–H and O–H groups in total. The molecule has 146 valence electrons. The molecule has 3 aromatic rings. The molecule has 7 nitrogen and oxygen atoms in total. The normalized spacial score (nSPS) is 16.3. The molecule has 0 radical (unpaired) electrons. The van der Waals surface area contributed by atoms with Gasteiger partial charge in [0.25, 0.3) is 0 Å². The molecule has 1 saturated heterocycles. The van der Waals surface area contributed by atoms with Gasteiger partial charge in [-0.05, 0) is 37.5 Å². The van der Waals surface area contributed by atoms with E-state index in [1.54, 1.807) is 6.07 Å². The van der Waals surface area contributed by atoms with Crippen LogP contribution in [0.25, 0.3) is 11.0 Å². The number of aromatic amines is 1. The minimum atomic E-state index is -0.970. The minimum absolute atomic E-state index is 0.128. The summed E-state index contributed by atoms with van der Waals surface area (Å²) < 4.78 is 14.0. The Morgan fingerprint density at radius 3 is 2.86 bits per heavy atom. The number of aryl methyl sites for hydroxylation is 1. The number of amides is 1. The van der Waals surface area contributed by atoms with Crippen LogP contribution in [0.4, 0.5) is 10.2 Å². The maximum Gasteiger partial charge on any atom is 0.240 e. The van der Waals surface area contributed by atoms with Crippen LogP contribution in [0.15, 0.2) is 36.8 Å². The van der Waals surface area contributed by atoms with Gasteiger partial charge < -0.3 is 20.9 Å². The van der Waals surface area contributed by atoms with Crippen molar-refractivity contribution in [3.8, 4) is 0 Å². The number of benzene rings is 1. The fourth-order valence-corrected chi connectivity index (χ4v) is 3.60. The van der Waals surface area contributed by atoms with E-state index in [-0.39, 0.29) is 18.3 Å². The molecule has 3 heterocycles. The summed E-state index contributed by atoms with van der Waals surface area (Å²) in [6.07, 6.45) is 4.34. The van der Waals surface area contributed by atoms with E-state index in [0.717, 1.165) is 22.4 Å². The first-order chi connectivity index (χ1) is 13.5. The number of nitrogens with two attached hydrogens (primary N) is 1. The predicted molar refractivity (Wildman–Crippen MR) is 105 cm³/mol. The van der Waals surface area contributed by atoms with E-state index in [0.29, 0.717) is 31.5 Å². The summed E-state index contributed by atoms with van der Waals surface area (Å²) >= 11 is 0. The minimum Gasteiger partial charge on any atom is -0.356 e. The molecule has 8 heteroatoms. The maximum absolute atomic E-state index is 14.0. The van der Waals surface area contributed by atoms with Gasteiger partial charge in [0.15, 0.2) is 0 Å². The second-order valence-electron chi connectivity index (χ2n) is 7.36. The summed E-state index contributed by atoms with van der Waals surface area (Å²) in [5.41, 5.74) is 7.50. The van der Waals surface area contributed by atoms with E-state index in [1.807, 2.05) is 25.3 Å². The molecule has 0 bridgehead atoms. The van der Waals surface area contributed by atoms with Gasteiger partial charge in [-0.25, -0.2) is 14.4 Å². The third-order valence-electron chi connectivity index (χ3n) is 5.39. The van der Waals surface area contributed by atoms with Crippen LogP contribution in [0.5, 0.6) is 0 Å². The second-order valence-corrected chi connectivity index (χ2v) is 7.36. The summed E-state index contributed by atoms with van der Waals surface area (Å²) in [6.45, 7) is 3.18. The van der Waals surface area contributed by atoms with Crippen LogP contribution in [-0.2, 0) is 11.3 Å². The van der Waals surface area contributed by atoms with Crippen LogP contribution in [0, 0.1) is 12.7 Å². The van der Waals surface area contributed by atoms with Crippen LogP contribution in [0.3, 0.4) is 0 Å². The number of rotatable bonds is 4. The first-order valence-electron chi connectivity index (χ1n) is 9.31. The molecular weight excluding hydrogens is 359 g/mol.